The molecule has 1 aliphatic heterocycles. The van der Waals surface area contributed by atoms with Crippen LogP contribution in [0.3, 0.4) is 0 Å². The van der Waals surface area contributed by atoms with Crippen molar-refractivity contribution in [1.82, 2.24) is 19.2 Å². The molecule has 8 heteroatoms. The SMILES string of the molecule is Cc1nn(C(C)C)c(=O)n1-c1ccc(N2CCN(C(C(=O)Nc3ccccc3)c3ccccc3)CC2)cc1. The quantitative estimate of drug-likeness (QED) is 0.398. The highest BCUT2D eigenvalue weighted by molar-refractivity contribution is 5.95. The lowest BCUT2D eigenvalue weighted by molar-refractivity contribution is -0.121. The lowest BCUT2D eigenvalue weighted by Gasteiger charge is -2.39. The van der Waals surface area contributed by atoms with Crippen molar-refractivity contribution in [2.45, 2.75) is 32.9 Å². The van der Waals surface area contributed by atoms with E-state index in [-0.39, 0.29) is 23.7 Å². The van der Waals surface area contributed by atoms with E-state index in [9.17, 15) is 9.59 Å². The first-order valence-corrected chi connectivity index (χ1v) is 13.1. The summed E-state index contributed by atoms with van der Waals surface area (Å²) in [7, 11) is 0. The summed E-state index contributed by atoms with van der Waals surface area (Å²) in [6.45, 7) is 8.86. The molecule has 1 atom stereocenters. The van der Waals surface area contributed by atoms with Gasteiger partial charge in [0.05, 0.1) is 11.7 Å². The molecule has 1 amide bonds. The molecule has 8 nitrogen and oxygen atoms in total. The van der Waals surface area contributed by atoms with Gasteiger partial charge in [0, 0.05) is 37.6 Å². The fourth-order valence-electron chi connectivity index (χ4n) is 5.06. The maximum atomic E-state index is 13.4. The van der Waals surface area contributed by atoms with Gasteiger partial charge in [0.2, 0.25) is 5.91 Å². The number of para-hydroxylation sites is 1. The van der Waals surface area contributed by atoms with E-state index in [1.807, 2.05) is 93.6 Å². The number of rotatable bonds is 7. The summed E-state index contributed by atoms with van der Waals surface area (Å²) in [6, 6.07) is 27.3. The Labute approximate surface area is 223 Å². The van der Waals surface area contributed by atoms with Crippen molar-refractivity contribution in [1.29, 1.82) is 0 Å². The second kappa shape index (κ2) is 11.1. The van der Waals surface area contributed by atoms with Gasteiger partial charge in [0.1, 0.15) is 11.9 Å². The van der Waals surface area contributed by atoms with Gasteiger partial charge in [-0.25, -0.2) is 14.0 Å². The van der Waals surface area contributed by atoms with Crippen LogP contribution in [0.25, 0.3) is 5.69 Å². The summed E-state index contributed by atoms with van der Waals surface area (Å²) in [4.78, 5) is 30.8. The molecule has 3 aromatic carbocycles. The molecule has 1 saturated heterocycles. The molecule has 38 heavy (non-hydrogen) atoms. The molecular weight excluding hydrogens is 476 g/mol. The first kappa shape index (κ1) is 25.5. The Morgan fingerprint density at radius 2 is 1.39 bits per heavy atom. The van der Waals surface area contributed by atoms with Gasteiger partial charge in [0.25, 0.3) is 0 Å². The third kappa shape index (κ3) is 5.26. The molecule has 0 radical (unpaired) electrons. The van der Waals surface area contributed by atoms with Crippen LogP contribution in [0.5, 0.6) is 0 Å². The van der Waals surface area contributed by atoms with Crippen molar-refractivity contribution in [3.63, 3.8) is 0 Å². The van der Waals surface area contributed by atoms with Gasteiger partial charge in [-0.15, -0.1) is 0 Å². The largest absolute Gasteiger partial charge is 0.369 e. The molecule has 4 aromatic rings. The van der Waals surface area contributed by atoms with Gasteiger partial charge in [0.15, 0.2) is 0 Å². The van der Waals surface area contributed by atoms with Crippen LogP contribution in [-0.4, -0.2) is 51.3 Å². The van der Waals surface area contributed by atoms with Crippen LogP contribution in [0, 0.1) is 6.92 Å². The Bertz CT molecular complexity index is 1420. The molecule has 196 valence electrons. The van der Waals surface area contributed by atoms with Gasteiger partial charge < -0.3 is 10.2 Å². The lowest BCUT2D eigenvalue weighted by Crippen LogP contribution is -2.50. The Balaban J connectivity index is 1.30. The fourth-order valence-corrected chi connectivity index (χ4v) is 5.06. The van der Waals surface area contributed by atoms with Crippen molar-refractivity contribution in [3.05, 3.63) is 107 Å². The Hall–Kier alpha value is -4.17. The first-order valence-electron chi connectivity index (χ1n) is 13.1. The van der Waals surface area contributed by atoms with Gasteiger partial charge in [-0.1, -0.05) is 48.5 Å². The lowest BCUT2D eigenvalue weighted by atomic mass is 10.0. The third-order valence-electron chi connectivity index (χ3n) is 7.01. The number of nitrogens with one attached hydrogen (secondary N) is 1. The molecule has 1 fully saturated rings. The van der Waals surface area contributed by atoms with Crippen molar-refractivity contribution in [3.8, 4) is 5.69 Å². The molecular formula is C30H34N6O2. The van der Waals surface area contributed by atoms with Crippen LogP contribution >= 0.6 is 0 Å². The van der Waals surface area contributed by atoms with Crippen molar-refractivity contribution in [2.75, 3.05) is 36.4 Å². The molecule has 0 spiro atoms. The summed E-state index contributed by atoms with van der Waals surface area (Å²) in [5, 5.41) is 7.50. The number of carbonyl (C=O) groups excluding carboxylic acids is 1. The minimum atomic E-state index is -0.367. The predicted octanol–water partition coefficient (Wildman–Crippen LogP) is 4.43. The number of carbonyl (C=O) groups is 1. The summed E-state index contributed by atoms with van der Waals surface area (Å²) in [5.74, 6) is 0.647. The van der Waals surface area contributed by atoms with E-state index in [4.69, 9.17) is 0 Å². The standard InChI is InChI=1S/C30H34N6O2/c1-22(2)36-30(38)35(23(3)32-36)27-16-14-26(15-17-27)33-18-20-34(21-19-33)28(24-10-6-4-7-11-24)29(37)31-25-12-8-5-9-13-25/h4-17,22,28H,18-21H2,1-3H3,(H,31,37). The molecule has 1 aromatic heterocycles. The van der Waals surface area contributed by atoms with Gasteiger partial charge in [-0.05, 0) is 62.7 Å². The Morgan fingerprint density at radius 1 is 0.816 bits per heavy atom. The zero-order valence-electron chi connectivity index (χ0n) is 22.1. The average molecular weight is 511 g/mol. The van der Waals surface area contributed by atoms with E-state index in [0.29, 0.717) is 5.82 Å². The van der Waals surface area contributed by atoms with Crippen LogP contribution in [0.4, 0.5) is 11.4 Å². The monoisotopic (exact) mass is 510 g/mol. The van der Waals surface area contributed by atoms with Crippen molar-refractivity contribution in [2.24, 2.45) is 0 Å². The number of aryl methyl sites for hydroxylation is 1. The van der Waals surface area contributed by atoms with Gasteiger partial charge in [-0.3, -0.25) is 9.69 Å². The second-order valence-corrected chi connectivity index (χ2v) is 9.91. The Kier molecular flexibility index (Phi) is 7.42. The number of aromatic nitrogens is 3. The van der Waals surface area contributed by atoms with Crippen LogP contribution in [0.15, 0.2) is 89.7 Å². The molecule has 2 heterocycles. The maximum absolute atomic E-state index is 13.4. The van der Waals surface area contributed by atoms with Crippen molar-refractivity contribution >= 4 is 17.3 Å². The topological polar surface area (TPSA) is 75.4 Å². The van der Waals surface area contributed by atoms with Gasteiger partial charge >= 0.3 is 5.69 Å². The zero-order chi connectivity index (χ0) is 26.6. The molecule has 0 saturated carbocycles. The predicted molar refractivity (Wildman–Crippen MR) is 151 cm³/mol. The smallest absolute Gasteiger partial charge is 0.350 e. The minimum absolute atomic E-state index is 0.00695. The highest BCUT2D eigenvalue weighted by Gasteiger charge is 2.30. The number of nitrogens with zero attached hydrogens (tertiary/aromatic N) is 5. The molecule has 1 N–H and O–H groups in total. The summed E-state index contributed by atoms with van der Waals surface area (Å²) in [6.07, 6.45) is 0. The van der Waals surface area contributed by atoms with Crippen LogP contribution in [0.2, 0.25) is 0 Å². The normalized spacial score (nSPS) is 15.0. The molecule has 0 aliphatic carbocycles. The van der Waals surface area contributed by atoms with E-state index in [1.165, 1.54) is 4.68 Å². The molecule has 0 bridgehead atoms. The number of anilines is 2. The average Bonchev–Trinajstić information content (AvgIpc) is 3.24. The number of piperazine rings is 1. The number of hydrogen-bond acceptors (Lipinski definition) is 5. The molecule has 1 unspecified atom stereocenters. The van der Waals surface area contributed by atoms with E-state index in [1.54, 1.807) is 4.57 Å². The summed E-state index contributed by atoms with van der Waals surface area (Å²) < 4.78 is 3.16. The Morgan fingerprint density at radius 3 is 1.97 bits per heavy atom. The maximum Gasteiger partial charge on any atom is 0.350 e. The summed E-state index contributed by atoms with van der Waals surface area (Å²) >= 11 is 0. The minimum Gasteiger partial charge on any atom is -0.369 e. The molecule has 1 aliphatic rings. The van der Waals surface area contributed by atoms with Crippen LogP contribution < -0.4 is 15.9 Å². The van der Waals surface area contributed by atoms with Crippen LogP contribution in [0.1, 0.15) is 37.3 Å². The van der Waals surface area contributed by atoms with E-state index in [0.717, 1.165) is 48.8 Å². The summed E-state index contributed by atoms with van der Waals surface area (Å²) in [5.41, 5.74) is 3.57. The van der Waals surface area contributed by atoms with E-state index < -0.39 is 0 Å². The number of hydrogen-bond donors (Lipinski definition) is 1. The second-order valence-electron chi connectivity index (χ2n) is 9.91. The third-order valence-corrected chi connectivity index (χ3v) is 7.01. The highest BCUT2D eigenvalue weighted by atomic mass is 16.2. The first-order chi connectivity index (χ1) is 18.4. The van der Waals surface area contributed by atoms with E-state index >= 15 is 0 Å². The zero-order valence-corrected chi connectivity index (χ0v) is 22.1. The highest BCUT2D eigenvalue weighted by Crippen LogP contribution is 2.26. The molecule has 5 rings (SSSR count). The van der Waals surface area contributed by atoms with Gasteiger partial charge in [-0.2, -0.15) is 5.10 Å². The number of amides is 1. The van der Waals surface area contributed by atoms with E-state index in [2.05, 4.69) is 32.3 Å². The van der Waals surface area contributed by atoms with Crippen LogP contribution in [-0.2, 0) is 4.79 Å². The number of benzene rings is 3. The van der Waals surface area contributed by atoms with Crippen molar-refractivity contribution < 1.29 is 4.79 Å². The fraction of sp³-hybridized carbons (Fsp3) is 0.300.